The van der Waals surface area contributed by atoms with Crippen molar-refractivity contribution in [2.75, 3.05) is 10.2 Å². The molecule has 0 bridgehead atoms. The van der Waals surface area contributed by atoms with Crippen LogP contribution in [-0.4, -0.2) is 0 Å². The van der Waals surface area contributed by atoms with Crippen LogP contribution in [0.25, 0.3) is 44.2 Å². The fourth-order valence-corrected chi connectivity index (χ4v) is 7.83. The molecule has 8 aromatic carbocycles. The van der Waals surface area contributed by atoms with Crippen molar-refractivity contribution in [3.63, 3.8) is 0 Å². The summed E-state index contributed by atoms with van der Waals surface area (Å²) in [5.74, 6) is 0. The van der Waals surface area contributed by atoms with Gasteiger partial charge in [-0.1, -0.05) is 147 Å². The first-order valence-corrected chi connectivity index (χ1v) is 17.7. The Morgan fingerprint density at radius 3 is 1.90 bits per heavy atom. The summed E-state index contributed by atoms with van der Waals surface area (Å²) in [4.78, 5) is 2.42. The third-order valence-corrected chi connectivity index (χ3v) is 10.4. The Kier molecular flexibility index (Phi) is 7.51. The van der Waals surface area contributed by atoms with Crippen LogP contribution >= 0.6 is 0 Å². The van der Waals surface area contributed by atoms with E-state index in [1.165, 1.54) is 55.3 Å². The SMILES string of the molecule is CC1(C)c2ccccc2-c2ccc(N(c3ccc(-c4ccc(Nc5ccccc5)c(-c5ccccc5)c4)cc3)c3cccc4ccccc34)cc21. The molecule has 244 valence electrons. The van der Waals surface area contributed by atoms with E-state index in [9.17, 15) is 0 Å². The molecule has 0 fully saturated rings. The summed E-state index contributed by atoms with van der Waals surface area (Å²) < 4.78 is 0. The molecule has 0 saturated heterocycles. The summed E-state index contributed by atoms with van der Waals surface area (Å²) in [6, 6.07) is 67.9. The number of nitrogens with zero attached hydrogens (tertiary/aromatic N) is 1. The minimum atomic E-state index is -0.0891. The number of rotatable bonds is 7. The van der Waals surface area contributed by atoms with Crippen LogP contribution in [0.1, 0.15) is 25.0 Å². The van der Waals surface area contributed by atoms with Gasteiger partial charge in [-0.25, -0.2) is 0 Å². The lowest BCUT2D eigenvalue weighted by Gasteiger charge is -2.29. The largest absolute Gasteiger partial charge is 0.355 e. The average Bonchev–Trinajstić information content (AvgIpc) is 3.42. The smallest absolute Gasteiger partial charge is 0.0540 e. The molecule has 0 aromatic heterocycles. The van der Waals surface area contributed by atoms with E-state index in [-0.39, 0.29) is 5.41 Å². The monoisotopic (exact) mass is 654 g/mol. The van der Waals surface area contributed by atoms with Crippen LogP contribution in [0.4, 0.5) is 28.4 Å². The van der Waals surface area contributed by atoms with E-state index in [2.05, 4.69) is 206 Å². The fraction of sp³-hybridized carbons (Fsp3) is 0.0612. The number of fused-ring (bicyclic) bond motifs is 4. The Bertz CT molecular complexity index is 2510. The first kappa shape index (κ1) is 30.7. The predicted molar refractivity (Wildman–Crippen MR) is 217 cm³/mol. The Hall–Kier alpha value is -6.38. The van der Waals surface area contributed by atoms with Crippen LogP contribution in [0.15, 0.2) is 188 Å². The van der Waals surface area contributed by atoms with E-state index in [0.29, 0.717) is 0 Å². The summed E-state index contributed by atoms with van der Waals surface area (Å²) in [6.45, 7) is 4.70. The Labute approximate surface area is 300 Å². The number of nitrogens with one attached hydrogen (secondary N) is 1. The molecule has 1 N–H and O–H groups in total. The maximum atomic E-state index is 3.65. The second-order valence-corrected chi connectivity index (χ2v) is 13.9. The van der Waals surface area contributed by atoms with E-state index in [4.69, 9.17) is 0 Å². The number of para-hydroxylation sites is 1. The predicted octanol–water partition coefficient (Wildman–Crippen LogP) is 13.7. The van der Waals surface area contributed by atoms with E-state index in [1.807, 2.05) is 6.07 Å². The number of hydrogen-bond donors (Lipinski definition) is 1. The highest BCUT2D eigenvalue weighted by molar-refractivity contribution is 5.99. The summed E-state index contributed by atoms with van der Waals surface area (Å²) >= 11 is 0. The summed E-state index contributed by atoms with van der Waals surface area (Å²) in [7, 11) is 0. The van der Waals surface area contributed by atoms with E-state index in [0.717, 1.165) is 28.4 Å². The quantitative estimate of drug-likeness (QED) is 0.184. The van der Waals surface area contributed by atoms with Gasteiger partial charge in [0.2, 0.25) is 0 Å². The van der Waals surface area contributed by atoms with Crippen LogP contribution < -0.4 is 10.2 Å². The minimum absolute atomic E-state index is 0.0891. The molecule has 0 atom stereocenters. The molecule has 2 nitrogen and oxygen atoms in total. The van der Waals surface area contributed by atoms with Crippen LogP contribution in [0, 0.1) is 0 Å². The molecular weight excluding hydrogens is 617 g/mol. The average molecular weight is 655 g/mol. The number of hydrogen-bond acceptors (Lipinski definition) is 2. The zero-order valence-electron chi connectivity index (χ0n) is 28.8. The third-order valence-electron chi connectivity index (χ3n) is 10.4. The van der Waals surface area contributed by atoms with Gasteiger partial charge in [0.15, 0.2) is 0 Å². The van der Waals surface area contributed by atoms with Gasteiger partial charge in [0.25, 0.3) is 0 Å². The molecule has 51 heavy (non-hydrogen) atoms. The molecule has 0 amide bonds. The Morgan fingerprint density at radius 2 is 1.08 bits per heavy atom. The molecule has 1 aliphatic rings. The van der Waals surface area contributed by atoms with Crippen molar-refractivity contribution in [3.8, 4) is 33.4 Å². The van der Waals surface area contributed by atoms with Crippen molar-refractivity contribution in [2.24, 2.45) is 0 Å². The van der Waals surface area contributed by atoms with Crippen LogP contribution in [0.2, 0.25) is 0 Å². The maximum Gasteiger partial charge on any atom is 0.0540 e. The zero-order valence-corrected chi connectivity index (χ0v) is 28.8. The lowest BCUT2D eigenvalue weighted by Crippen LogP contribution is -2.16. The highest BCUT2D eigenvalue weighted by atomic mass is 15.1. The third kappa shape index (κ3) is 5.46. The molecule has 0 heterocycles. The number of benzene rings is 8. The molecule has 8 aromatic rings. The molecule has 0 radical (unpaired) electrons. The minimum Gasteiger partial charge on any atom is -0.355 e. The van der Waals surface area contributed by atoms with E-state index >= 15 is 0 Å². The van der Waals surface area contributed by atoms with Crippen molar-refractivity contribution in [3.05, 3.63) is 199 Å². The molecule has 2 heteroatoms. The van der Waals surface area contributed by atoms with Gasteiger partial charge in [-0.15, -0.1) is 0 Å². The van der Waals surface area contributed by atoms with Crippen molar-refractivity contribution in [2.45, 2.75) is 19.3 Å². The second-order valence-electron chi connectivity index (χ2n) is 13.9. The molecule has 1 aliphatic carbocycles. The first-order chi connectivity index (χ1) is 25.0. The van der Waals surface area contributed by atoms with E-state index in [1.54, 1.807) is 0 Å². The summed E-state index contributed by atoms with van der Waals surface area (Å²) in [6.07, 6.45) is 0. The topological polar surface area (TPSA) is 15.3 Å². The molecule has 0 aliphatic heterocycles. The van der Waals surface area contributed by atoms with Gasteiger partial charge in [0.1, 0.15) is 0 Å². The van der Waals surface area contributed by atoms with Crippen LogP contribution in [-0.2, 0) is 5.41 Å². The van der Waals surface area contributed by atoms with E-state index < -0.39 is 0 Å². The normalized spacial score (nSPS) is 12.7. The lowest BCUT2D eigenvalue weighted by atomic mass is 9.82. The summed E-state index contributed by atoms with van der Waals surface area (Å²) in [5, 5.41) is 6.10. The van der Waals surface area contributed by atoms with Gasteiger partial charge < -0.3 is 10.2 Å². The van der Waals surface area contributed by atoms with Gasteiger partial charge >= 0.3 is 0 Å². The van der Waals surface area contributed by atoms with Crippen molar-refractivity contribution in [1.29, 1.82) is 0 Å². The van der Waals surface area contributed by atoms with Crippen molar-refractivity contribution < 1.29 is 0 Å². The van der Waals surface area contributed by atoms with Gasteiger partial charge in [0.05, 0.1) is 5.69 Å². The number of anilines is 5. The van der Waals surface area contributed by atoms with Gasteiger partial charge in [-0.2, -0.15) is 0 Å². The molecule has 0 saturated carbocycles. The summed E-state index contributed by atoms with van der Waals surface area (Å²) in [5.41, 5.74) is 15.6. The van der Waals surface area contributed by atoms with Gasteiger partial charge in [0, 0.05) is 39.1 Å². The van der Waals surface area contributed by atoms with Gasteiger partial charge in [-0.05, 0) is 98.9 Å². The molecule has 9 rings (SSSR count). The molecular formula is C49H38N2. The first-order valence-electron chi connectivity index (χ1n) is 17.7. The second kappa shape index (κ2) is 12.5. The standard InChI is InChI=1S/C49H38N2/c1-49(2)45-22-12-11-21-42(45)43-30-29-40(33-46(43)49)51(48-23-13-17-35-16-9-10-20-41(35)48)39-27-24-34(25-28-39)37-26-31-47(50-38-18-7-4-8-19-38)44(32-37)36-14-5-3-6-15-36/h3-33,50H,1-2H3. The highest BCUT2D eigenvalue weighted by Crippen LogP contribution is 2.51. The van der Waals surface area contributed by atoms with Crippen molar-refractivity contribution in [1.82, 2.24) is 0 Å². The van der Waals surface area contributed by atoms with Gasteiger partial charge in [-0.3, -0.25) is 0 Å². The van der Waals surface area contributed by atoms with Crippen molar-refractivity contribution >= 4 is 39.2 Å². The van der Waals surface area contributed by atoms with Crippen LogP contribution in [0.3, 0.4) is 0 Å². The molecule has 0 unspecified atom stereocenters. The lowest BCUT2D eigenvalue weighted by molar-refractivity contribution is 0.660. The molecule has 0 spiro atoms. The highest BCUT2D eigenvalue weighted by Gasteiger charge is 2.35. The Balaban J connectivity index is 1.15. The maximum absolute atomic E-state index is 3.65. The fourth-order valence-electron chi connectivity index (χ4n) is 7.83. The van der Waals surface area contributed by atoms with Crippen LogP contribution in [0.5, 0.6) is 0 Å². The zero-order chi connectivity index (χ0) is 34.4. The Morgan fingerprint density at radius 1 is 0.431 bits per heavy atom.